The van der Waals surface area contributed by atoms with Crippen LogP contribution in [0.3, 0.4) is 0 Å². The Morgan fingerprint density at radius 2 is 2.00 bits per heavy atom. The average Bonchev–Trinajstić information content (AvgIpc) is 2.94. The van der Waals surface area contributed by atoms with Crippen molar-refractivity contribution in [1.82, 2.24) is 5.32 Å². The molecule has 0 radical (unpaired) electrons. The molecule has 0 spiro atoms. The predicted molar refractivity (Wildman–Crippen MR) is 103 cm³/mol. The number of amides is 2. The molecule has 1 aromatic carbocycles. The van der Waals surface area contributed by atoms with E-state index in [4.69, 9.17) is 0 Å². The lowest BCUT2D eigenvalue weighted by Gasteiger charge is -2.09. The van der Waals surface area contributed by atoms with E-state index in [1.165, 1.54) is 11.0 Å². The largest absolute Gasteiger partial charge is 0.352 e. The lowest BCUT2D eigenvalue weighted by Crippen LogP contribution is -2.26. The molecule has 0 aliphatic carbocycles. The van der Waals surface area contributed by atoms with Crippen LogP contribution in [-0.2, 0) is 9.59 Å². The fraction of sp³-hybridized carbons (Fsp3) is 0.222. The number of benzene rings is 1. The van der Waals surface area contributed by atoms with Gasteiger partial charge in [0.25, 0.3) is 0 Å². The van der Waals surface area contributed by atoms with Gasteiger partial charge in [-0.2, -0.15) is 0 Å². The lowest BCUT2D eigenvalue weighted by molar-refractivity contribution is -0.117. The van der Waals surface area contributed by atoms with Gasteiger partial charge in [0.1, 0.15) is 0 Å². The molecule has 0 aliphatic heterocycles. The molecule has 1 heterocycles. The van der Waals surface area contributed by atoms with E-state index in [1.807, 2.05) is 44.2 Å². The smallest absolute Gasteiger partial charge is 0.244 e. The Kier molecular flexibility index (Phi) is 6.75. The summed E-state index contributed by atoms with van der Waals surface area (Å²) in [7, 11) is 0. The van der Waals surface area contributed by atoms with Crippen LogP contribution in [0.1, 0.15) is 21.7 Å². The zero-order valence-electron chi connectivity index (χ0n) is 13.6. The van der Waals surface area contributed by atoms with E-state index in [-0.39, 0.29) is 18.2 Å². The van der Waals surface area contributed by atoms with Gasteiger partial charge in [-0.25, -0.2) is 0 Å². The van der Waals surface area contributed by atoms with E-state index in [0.717, 1.165) is 20.6 Å². The molecule has 0 saturated heterocycles. The Labute approximate surface area is 154 Å². The minimum atomic E-state index is -0.201. The van der Waals surface area contributed by atoms with E-state index in [0.29, 0.717) is 6.54 Å². The highest BCUT2D eigenvalue weighted by Gasteiger charge is 2.06. The van der Waals surface area contributed by atoms with Gasteiger partial charge in [-0.05, 0) is 49.8 Å². The zero-order valence-corrected chi connectivity index (χ0v) is 16.0. The fourth-order valence-corrected chi connectivity index (χ4v) is 3.14. The molecule has 2 rings (SSSR count). The maximum atomic E-state index is 11.9. The number of hydrogen-bond donors (Lipinski definition) is 2. The van der Waals surface area contributed by atoms with Crippen molar-refractivity contribution in [1.29, 1.82) is 0 Å². The summed E-state index contributed by atoms with van der Waals surface area (Å²) in [6.45, 7) is 4.25. The number of halogens is 1. The van der Waals surface area contributed by atoms with Crippen LogP contribution < -0.4 is 10.6 Å². The Bertz CT molecular complexity index is 768. The first-order valence-electron chi connectivity index (χ1n) is 7.52. The van der Waals surface area contributed by atoms with Crippen LogP contribution in [0, 0.1) is 13.8 Å². The Balaban J connectivity index is 1.75. The van der Waals surface area contributed by atoms with E-state index in [2.05, 4.69) is 26.6 Å². The molecule has 1 aromatic heterocycles. The third-order valence-electron chi connectivity index (χ3n) is 3.29. The van der Waals surface area contributed by atoms with Gasteiger partial charge < -0.3 is 10.6 Å². The Hall–Kier alpha value is -1.92. The number of carbonyl (C=O) groups excluding carboxylic acids is 2. The van der Waals surface area contributed by atoms with Crippen molar-refractivity contribution in [2.24, 2.45) is 0 Å². The van der Waals surface area contributed by atoms with Gasteiger partial charge in [-0.1, -0.05) is 22.0 Å². The van der Waals surface area contributed by atoms with Crippen molar-refractivity contribution < 1.29 is 9.59 Å². The van der Waals surface area contributed by atoms with Gasteiger partial charge in [0.2, 0.25) is 11.8 Å². The van der Waals surface area contributed by atoms with E-state index >= 15 is 0 Å². The highest BCUT2D eigenvalue weighted by molar-refractivity contribution is 9.10. The van der Waals surface area contributed by atoms with Crippen molar-refractivity contribution in [2.75, 3.05) is 11.9 Å². The number of hydrogen-bond acceptors (Lipinski definition) is 3. The van der Waals surface area contributed by atoms with Crippen LogP contribution >= 0.6 is 27.3 Å². The molecule has 24 heavy (non-hydrogen) atoms. The number of anilines is 1. The molecule has 0 atom stereocenters. The van der Waals surface area contributed by atoms with Crippen molar-refractivity contribution in [3.63, 3.8) is 0 Å². The van der Waals surface area contributed by atoms with Crippen molar-refractivity contribution in [2.45, 2.75) is 20.3 Å². The summed E-state index contributed by atoms with van der Waals surface area (Å²) in [6, 6.07) is 9.69. The predicted octanol–water partition coefficient (Wildman–Crippen LogP) is 4.29. The Morgan fingerprint density at radius 1 is 1.21 bits per heavy atom. The second-order valence-corrected chi connectivity index (χ2v) is 7.57. The van der Waals surface area contributed by atoms with E-state index in [9.17, 15) is 9.59 Å². The number of aryl methyl sites for hydroxylation is 2. The number of nitrogens with one attached hydrogen (secondary N) is 2. The van der Waals surface area contributed by atoms with Crippen molar-refractivity contribution in [3.05, 3.63) is 56.2 Å². The summed E-state index contributed by atoms with van der Waals surface area (Å²) >= 11 is 5.01. The molecular formula is C18H19BrN2O2S. The molecule has 0 saturated carbocycles. The van der Waals surface area contributed by atoms with Gasteiger partial charge in [0.05, 0.1) is 0 Å². The average molecular weight is 407 g/mol. The molecule has 0 unspecified atom stereocenters. The lowest BCUT2D eigenvalue weighted by atomic mass is 10.2. The van der Waals surface area contributed by atoms with Gasteiger partial charge in [-0.3, -0.25) is 9.59 Å². The minimum Gasteiger partial charge on any atom is -0.352 e. The second-order valence-electron chi connectivity index (χ2n) is 5.33. The van der Waals surface area contributed by atoms with Crippen molar-refractivity contribution >= 4 is 50.8 Å². The highest BCUT2D eigenvalue weighted by atomic mass is 79.9. The first-order valence-corrected chi connectivity index (χ1v) is 9.13. The summed E-state index contributed by atoms with van der Waals surface area (Å²) in [4.78, 5) is 25.9. The van der Waals surface area contributed by atoms with Gasteiger partial charge >= 0.3 is 0 Å². The molecule has 0 aliphatic rings. The summed E-state index contributed by atoms with van der Waals surface area (Å²) in [6.07, 6.45) is 3.49. The van der Waals surface area contributed by atoms with Crippen LogP contribution in [-0.4, -0.2) is 18.4 Å². The summed E-state index contributed by atoms with van der Waals surface area (Å²) in [5.74, 6) is -0.332. The van der Waals surface area contributed by atoms with Crippen LogP contribution in [0.5, 0.6) is 0 Å². The first-order chi connectivity index (χ1) is 11.4. The molecule has 0 fully saturated rings. The van der Waals surface area contributed by atoms with Gasteiger partial charge in [0, 0.05) is 39.0 Å². The number of carbonyl (C=O) groups is 2. The molecule has 6 heteroatoms. The zero-order chi connectivity index (χ0) is 17.5. The third kappa shape index (κ3) is 5.94. The molecule has 2 aromatic rings. The van der Waals surface area contributed by atoms with Gasteiger partial charge in [0.15, 0.2) is 0 Å². The third-order valence-corrected chi connectivity index (χ3v) is 4.74. The standard InChI is InChI=1S/C18H19BrN2O2S/c1-12-3-5-14(19)11-16(12)21-18(23)9-10-20-17(22)8-7-15-6-4-13(2)24-15/h3-8,11H,9-10H2,1-2H3,(H,20,22)(H,21,23)/b8-7+. The minimum absolute atomic E-state index is 0.130. The molecule has 0 bridgehead atoms. The number of thiophene rings is 1. The number of rotatable bonds is 6. The normalized spacial score (nSPS) is 10.8. The van der Waals surface area contributed by atoms with Crippen molar-refractivity contribution in [3.8, 4) is 0 Å². The van der Waals surface area contributed by atoms with E-state index in [1.54, 1.807) is 17.4 Å². The summed E-state index contributed by atoms with van der Waals surface area (Å²) in [5.41, 5.74) is 1.76. The maximum absolute atomic E-state index is 11.9. The highest BCUT2D eigenvalue weighted by Crippen LogP contribution is 2.20. The molecule has 4 nitrogen and oxygen atoms in total. The maximum Gasteiger partial charge on any atom is 0.244 e. The fourth-order valence-electron chi connectivity index (χ4n) is 2.00. The quantitative estimate of drug-likeness (QED) is 0.702. The molecule has 2 N–H and O–H groups in total. The molecule has 126 valence electrons. The Morgan fingerprint density at radius 3 is 2.71 bits per heavy atom. The van der Waals surface area contributed by atoms with Crippen LogP contribution in [0.2, 0.25) is 0 Å². The van der Waals surface area contributed by atoms with E-state index < -0.39 is 0 Å². The summed E-state index contributed by atoms with van der Waals surface area (Å²) < 4.78 is 0.908. The second kappa shape index (κ2) is 8.80. The monoisotopic (exact) mass is 406 g/mol. The van der Waals surface area contributed by atoms with Crippen LogP contribution in [0.4, 0.5) is 5.69 Å². The molecular weight excluding hydrogens is 388 g/mol. The topological polar surface area (TPSA) is 58.2 Å². The van der Waals surface area contributed by atoms with Crippen LogP contribution in [0.15, 0.2) is 40.9 Å². The molecule has 2 amide bonds. The summed E-state index contributed by atoms with van der Waals surface area (Å²) in [5, 5.41) is 5.56. The SMILES string of the molecule is Cc1ccc(/C=C/C(=O)NCCC(=O)Nc2cc(Br)ccc2C)s1. The van der Waals surface area contributed by atoms with Crippen LogP contribution in [0.25, 0.3) is 6.08 Å². The first kappa shape index (κ1) is 18.4. The van der Waals surface area contributed by atoms with Gasteiger partial charge in [-0.15, -0.1) is 11.3 Å².